The van der Waals surface area contributed by atoms with Gasteiger partial charge < -0.3 is 5.32 Å². The quantitative estimate of drug-likeness (QED) is 0.510. The molecule has 1 nitrogen and oxygen atoms in total. The third kappa shape index (κ3) is 4.81. The van der Waals surface area contributed by atoms with E-state index >= 15 is 0 Å². The van der Waals surface area contributed by atoms with Gasteiger partial charge in [-0.05, 0) is 55.8 Å². The van der Waals surface area contributed by atoms with Crippen molar-refractivity contribution in [2.45, 2.75) is 53.8 Å². The Hall–Kier alpha value is -1.39. The second-order valence-electron chi connectivity index (χ2n) is 5.97. The minimum atomic E-state index is -0.389. The summed E-state index contributed by atoms with van der Waals surface area (Å²) in [4.78, 5) is 3.29. The monoisotopic (exact) mass is 363 g/mol. The summed E-state index contributed by atoms with van der Waals surface area (Å²) in [7, 11) is 0. The van der Waals surface area contributed by atoms with Crippen LogP contribution < -0.4 is 5.32 Å². The topological polar surface area (TPSA) is 12.0 Å². The van der Waals surface area contributed by atoms with Crippen molar-refractivity contribution in [1.29, 1.82) is 0 Å². The summed E-state index contributed by atoms with van der Waals surface area (Å²) < 4.78 is 13.2. The largest absolute Gasteiger partial charge is 0.379 e. The first-order chi connectivity index (χ1) is 11.6. The summed E-state index contributed by atoms with van der Waals surface area (Å²) in [6, 6.07) is 4.20. The smallest absolute Gasteiger partial charge is 0.124 e. The lowest BCUT2D eigenvalue weighted by molar-refractivity contribution is 0.490. The highest BCUT2D eigenvalue weighted by atomic mass is 32.1. The molecular weight excluding hydrogens is 337 g/mol. The Labute approximate surface area is 152 Å². The molecule has 2 aromatic rings. The number of hydrogen-bond donors (Lipinski definition) is 1. The Bertz CT molecular complexity index is 708. The third-order valence-corrected chi connectivity index (χ3v) is 6.34. The van der Waals surface area contributed by atoms with Crippen molar-refractivity contribution >= 4 is 28.4 Å². The molecule has 2 heterocycles. The number of rotatable bonds is 8. The van der Waals surface area contributed by atoms with Gasteiger partial charge in [0.25, 0.3) is 0 Å². The van der Waals surface area contributed by atoms with Gasteiger partial charge in [-0.15, -0.1) is 22.7 Å². The van der Waals surface area contributed by atoms with Crippen LogP contribution in [0.3, 0.4) is 0 Å². The molecule has 0 fully saturated rings. The van der Waals surface area contributed by atoms with Gasteiger partial charge in [0.2, 0.25) is 0 Å². The average Bonchev–Trinajstić information content (AvgIpc) is 3.19. The summed E-state index contributed by atoms with van der Waals surface area (Å²) in [5.41, 5.74) is 4.61. The third-order valence-electron chi connectivity index (χ3n) is 4.07. The molecule has 2 aromatic heterocycles. The van der Waals surface area contributed by atoms with Gasteiger partial charge in [-0.25, -0.2) is 4.39 Å². The summed E-state index contributed by atoms with van der Waals surface area (Å²) in [5, 5.41) is 5.66. The fourth-order valence-electron chi connectivity index (χ4n) is 2.49. The minimum absolute atomic E-state index is 0.389. The molecule has 0 radical (unpaired) electrons. The summed E-state index contributed by atoms with van der Waals surface area (Å²) >= 11 is 3.32. The van der Waals surface area contributed by atoms with Crippen LogP contribution in [0.15, 0.2) is 35.2 Å². The van der Waals surface area contributed by atoms with Crippen molar-refractivity contribution in [2.75, 3.05) is 0 Å². The Kier molecular flexibility index (Phi) is 7.25. The molecule has 2 rings (SSSR count). The van der Waals surface area contributed by atoms with Crippen LogP contribution in [0.25, 0.3) is 5.70 Å². The zero-order chi connectivity index (χ0) is 17.5. The number of alkyl halides is 1. The van der Waals surface area contributed by atoms with Crippen molar-refractivity contribution in [3.05, 3.63) is 61.0 Å². The van der Waals surface area contributed by atoms with Crippen LogP contribution in [0.2, 0.25) is 0 Å². The van der Waals surface area contributed by atoms with E-state index in [1.54, 1.807) is 22.7 Å². The van der Waals surface area contributed by atoms with Crippen LogP contribution in [0.5, 0.6) is 0 Å². The van der Waals surface area contributed by atoms with E-state index in [1.165, 1.54) is 16.0 Å². The molecule has 0 amide bonds. The molecule has 0 aliphatic rings. The fourth-order valence-corrected chi connectivity index (χ4v) is 4.29. The molecule has 0 aliphatic carbocycles. The predicted octanol–water partition coefficient (Wildman–Crippen LogP) is 6.77. The molecule has 24 heavy (non-hydrogen) atoms. The molecule has 4 heteroatoms. The molecular formula is C20H26FNS2. The van der Waals surface area contributed by atoms with Crippen LogP contribution >= 0.6 is 22.7 Å². The summed E-state index contributed by atoms with van der Waals surface area (Å²) in [5.74, 6) is 0. The maximum Gasteiger partial charge on any atom is 0.124 e. The van der Waals surface area contributed by atoms with Crippen molar-refractivity contribution in [2.24, 2.45) is 0 Å². The maximum absolute atomic E-state index is 13.2. The van der Waals surface area contributed by atoms with Crippen LogP contribution in [0.4, 0.5) is 4.39 Å². The van der Waals surface area contributed by atoms with E-state index in [2.05, 4.69) is 55.8 Å². The van der Waals surface area contributed by atoms with Crippen molar-refractivity contribution in [3.8, 4) is 0 Å². The second-order valence-corrected chi connectivity index (χ2v) is 8.10. The van der Waals surface area contributed by atoms with E-state index < -0.39 is 0 Å². The van der Waals surface area contributed by atoms with Crippen molar-refractivity contribution in [3.63, 3.8) is 0 Å². The lowest BCUT2D eigenvalue weighted by Gasteiger charge is -2.11. The molecule has 0 unspecified atom stereocenters. The summed E-state index contributed by atoms with van der Waals surface area (Å²) in [6.45, 7) is 8.83. The van der Waals surface area contributed by atoms with E-state index in [-0.39, 0.29) is 6.67 Å². The average molecular weight is 364 g/mol. The molecule has 0 saturated carbocycles. The maximum atomic E-state index is 13.2. The molecule has 0 saturated heterocycles. The Morgan fingerprint density at radius 3 is 2.67 bits per heavy atom. The van der Waals surface area contributed by atoms with Crippen LogP contribution in [0, 0.1) is 13.8 Å². The fraction of sp³-hybridized carbons (Fsp3) is 0.400. The molecule has 1 N–H and O–H groups in total. The van der Waals surface area contributed by atoms with Crippen LogP contribution in [-0.2, 0) is 13.2 Å². The SMILES string of the molecule is CCC/C=C(C)/C=C(/NCc1cccs1)c1sc(CF)c(C)c1C. The highest BCUT2D eigenvalue weighted by Crippen LogP contribution is 2.33. The predicted molar refractivity (Wildman–Crippen MR) is 106 cm³/mol. The number of thiophene rings is 2. The van der Waals surface area contributed by atoms with E-state index in [0.717, 1.165) is 40.4 Å². The van der Waals surface area contributed by atoms with Gasteiger partial charge in [-0.3, -0.25) is 0 Å². The first kappa shape index (κ1) is 18.9. The van der Waals surface area contributed by atoms with E-state index in [0.29, 0.717) is 0 Å². The Morgan fingerprint density at radius 1 is 1.29 bits per heavy atom. The standard InChI is InChI=1S/C20H26FNS2/c1-5-6-8-14(2)11-18(22-13-17-9-7-10-23-17)20-16(4)15(3)19(12-21)24-20/h7-11,22H,5-6,12-13H2,1-4H3/b14-8+,18-11+. The Balaban J connectivity index is 2.33. The highest BCUT2D eigenvalue weighted by Gasteiger charge is 2.15. The highest BCUT2D eigenvalue weighted by molar-refractivity contribution is 7.13. The van der Waals surface area contributed by atoms with Crippen molar-refractivity contribution in [1.82, 2.24) is 5.32 Å². The van der Waals surface area contributed by atoms with Crippen LogP contribution in [-0.4, -0.2) is 0 Å². The number of nitrogens with one attached hydrogen (secondary N) is 1. The molecule has 0 spiro atoms. The van der Waals surface area contributed by atoms with Gasteiger partial charge in [0, 0.05) is 16.3 Å². The molecule has 0 atom stereocenters. The number of hydrogen-bond acceptors (Lipinski definition) is 3. The van der Waals surface area contributed by atoms with E-state index in [9.17, 15) is 4.39 Å². The normalized spacial score (nSPS) is 12.7. The lowest BCUT2D eigenvalue weighted by Crippen LogP contribution is -2.11. The van der Waals surface area contributed by atoms with Crippen LogP contribution in [0.1, 0.15) is 52.4 Å². The lowest BCUT2D eigenvalue weighted by atomic mass is 10.1. The van der Waals surface area contributed by atoms with Gasteiger partial charge in [0.15, 0.2) is 0 Å². The molecule has 0 aliphatic heterocycles. The number of allylic oxidation sites excluding steroid dienone is 3. The van der Waals surface area contributed by atoms with E-state index in [4.69, 9.17) is 0 Å². The van der Waals surface area contributed by atoms with E-state index in [1.807, 2.05) is 6.92 Å². The Morgan fingerprint density at radius 2 is 2.08 bits per heavy atom. The second kappa shape index (κ2) is 9.19. The summed E-state index contributed by atoms with van der Waals surface area (Å²) in [6.07, 6.45) is 6.69. The van der Waals surface area contributed by atoms with Crippen molar-refractivity contribution < 1.29 is 4.39 Å². The number of unbranched alkanes of at least 4 members (excludes halogenated alkanes) is 1. The minimum Gasteiger partial charge on any atom is -0.379 e. The first-order valence-electron chi connectivity index (χ1n) is 8.36. The van der Waals surface area contributed by atoms with Gasteiger partial charge in [-0.2, -0.15) is 0 Å². The first-order valence-corrected chi connectivity index (χ1v) is 10.1. The molecule has 0 aromatic carbocycles. The zero-order valence-electron chi connectivity index (χ0n) is 14.9. The number of halogens is 1. The molecule has 130 valence electrons. The van der Waals surface area contributed by atoms with Gasteiger partial charge >= 0.3 is 0 Å². The van der Waals surface area contributed by atoms with Gasteiger partial charge in [-0.1, -0.05) is 31.1 Å². The van der Waals surface area contributed by atoms with Gasteiger partial charge in [0.05, 0.1) is 10.6 Å². The zero-order valence-corrected chi connectivity index (χ0v) is 16.5. The van der Waals surface area contributed by atoms with Gasteiger partial charge in [0.1, 0.15) is 6.67 Å². The molecule has 0 bridgehead atoms.